The first-order valence-corrected chi connectivity index (χ1v) is 5.96. The number of halogens is 1. The molecule has 0 amide bonds. The molecule has 2 heteroatoms. The van der Waals surface area contributed by atoms with Crippen LogP contribution in [-0.4, -0.2) is 6.54 Å². The lowest BCUT2D eigenvalue weighted by Crippen LogP contribution is -2.25. The third-order valence-electron chi connectivity index (χ3n) is 3.04. The predicted octanol–water partition coefficient (Wildman–Crippen LogP) is 3.75. The van der Waals surface area contributed by atoms with Crippen molar-refractivity contribution in [2.45, 2.75) is 38.5 Å². The van der Waals surface area contributed by atoms with Gasteiger partial charge in [-0.2, -0.15) is 0 Å². The Morgan fingerprint density at radius 1 is 1.20 bits per heavy atom. The van der Waals surface area contributed by atoms with Crippen molar-refractivity contribution in [1.82, 2.24) is 0 Å². The average molecular weight is 226 g/mol. The molecule has 0 radical (unpaired) electrons. The van der Waals surface area contributed by atoms with E-state index in [1.165, 1.54) is 18.4 Å². The highest BCUT2D eigenvalue weighted by Gasteiger charge is 2.24. The van der Waals surface area contributed by atoms with Gasteiger partial charge in [-0.1, -0.05) is 44.0 Å². The molecule has 0 heterocycles. The summed E-state index contributed by atoms with van der Waals surface area (Å²) in [5.41, 5.74) is 7.24. The summed E-state index contributed by atoms with van der Waals surface area (Å²) in [6.07, 6.45) is 3.38. The molecule has 1 unspecified atom stereocenters. The molecule has 0 saturated carbocycles. The van der Waals surface area contributed by atoms with Crippen molar-refractivity contribution in [2.75, 3.05) is 6.54 Å². The van der Waals surface area contributed by atoms with E-state index in [-0.39, 0.29) is 5.41 Å². The van der Waals surface area contributed by atoms with Gasteiger partial charge in [-0.25, -0.2) is 0 Å². The Hall–Kier alpha value is -0.530. The maximum absolute atomic E-state index is 5.89. The van der Waals surface area contributed by atoms with Crippen LogP contribution in [0.4, 0.5) is 0 Å². The summed E-state index contributed by atoms with van der Waals surface area (Å²) in [7, 11) is 0. The van der Waals surface area contributed by atoms with Crippen LogP contribution in [0.25, 0.3) is 0 Å². The minimum Gasteiger partial charge on any atom is -0.330 e. The first kappa shape index (κ1) is 12.5. The van der Waals surface area contributed by atoms with Crippen LogP contribution < -0.4 is 5.73 Å². The Morgan fingerprint density at radius 3 is 2.27 bits per heavy atom. The lowest BCUT2D eigenvalue weighted by atomic mass is 9.76. The first-order valence-electron chi connectivity index (χ1n) is 5.58. The highest BCUT2D eigenvalue weighted by Crippen LogP contribution is 2.32. The zero-order valence-electron chi connectivity index (χ0n) is 9.59. The highest BCUT2D eigenvalue weighted by molar-refractivity contribution is 6.30. The third kappa shape index (κ3) is 3.22. The lowest BCUT2D eigenvalue weighted by molar-refractivity contribution is 0.402. The summed E-state index contributed by atoms with van der Waals surface area (Å²) in [5.74, 6) is 0. The summed E-state index contributed by atoms with van der Waals surface area (Å²) in [6, 6.07) is 8.16. The minimum atomic E-state index is 0.202. The maximum atomic E-state index is 5.89. The zero-order chi connectivity index (χ0) is 11.3. The maximum Gasteiger partial charge on any atom is 0.0406 e. The predicted molar refractivity (Wildman–Crippen MR) is 67.4 cm³/mol. The molecule has 1 rings (SSSR count). The lowest BCUT2D eigenvalue weighted by Gasteiger charge is -2.29. The Labute approximate surface area is 97.6 Å². The quantitative estimate of drug-likeness (QED) is 0.812. The first-order chi connectivity index (χ1) is 7.12. The van der Waals surface area contributed by atoms with E-state index in [9.17, 15) is 0 Å². The third-order valence-corrected chi connectivity index (χ3v) is 3.29. The standard InChI is InChI=1S/C13H20ClN/c1-3-8-13(2,9-10-15)11-4-6-12(14)7-5-11/h4-7H,3,8-10,15H2,1-2H3. The largest absolute Gasteiger partial charge is 0.330 e. The molecule has 0 fully saturated rings. The van der Waals surface area contributed by atoms with Gasteiger partial charge in [0.25, 0.3) is 0 Å². The molecule has 1 atom stereocenters. The number of nitrogens with two attached hydrogens (primary N) is 1. The molecule has 0 saturated heterocycles. The Balaban J connectivity index is 2.92. The van der Waals surface area contributed by atoms with Gasteiger partial charge in [-0.15, -0.1) is 0 Å². The summed E-state index contributed by atoms with van der Waals surface area (Å²) in [4.78, 5) is 0. The van der Waals surface area contributed by atoms with Gasteiger partial charge in [-0.3, -0.25) is 0 Å². The Bertz CT molecular complexity index is 286. The van der Waals surface area contributed by atoms with Gasteiger partial charge < -0.3 is 5.73 Å². The van der Waals surface area contributed by atoms with Crippen molar-refractivity contribution < 1.29 is 0 Å². The van der Waals surface area contributed by atoms with E-state index in [0.29, 0.717) is 0 Å². The van der Waals surface area contributed by atoms with E-state index < -0.39 is 0 Å². The van der Waals surface area contributed by atoms with E-state index in [1.807, 2.05) is 12.1 Å². The van der Waals surface area contributed by atoms with Crippen molar-refractivity contribution in [3.8, 4) is 0 Å². The molecule has 1 aromatic rings. The molecule has 0 aliphatic carbocycles. The van der Waals surface area contributed by atoms with Gasteiger partial charge in [0, 0.05) is 5.02 Å². The molecule has 0 spiro atoms. The second-order valence-electron chi connectivity index (χ2n) is 4.36. The zero-order valence-corrected chi connectivity index (χ0v) is 10.3. The van der Waals surface area contributed by atoms with E-state index in [0.717, 1.165) is 18.0 Å². The molecule has 84 valence electrons. The van der Waals surface area contributed by atoms with Crippen molar-refractivity contribution in [2.24, 2.45) is 5.73 Å². The molecule has 15 heavy (non-hydrogen) atoms. The van der Waals surface area contributed by atoms with Crippen molar-refractivity contribution >= 4 is 11.6 Å². The van der Waals surface area contributed by atoms with Crippen LogP contribution in [0.15, 0.2) is 24.3 Å². The fourth-order valence-corrected chi connectivity index (χ4v) is 2.26. The molecule has 1 nitrogen and oxygen atoms in total. The topological polar surface area (TPSA) is 26.0 Å². The van der Waals surface area contributed by atoms with Crippen LogP contribution in [0.3, 0.4) is 0 Å². The van der Waals surface area contributed by atoms with Crippen LogP contribution in [0.1, 0.15) is 38.7 Å². The summed E-state index contributed by atoms with van der Waals surface area (Å²) in [6.45, 7) is 5.23. The van der Waals surface area contributed by atoms with Crippen molar-refractivity contribution in [1.29, 1.82) is 0 Å². The number of rotatable bonds is 5. The monoisotopic (exact) mass is 225 g/mol. The molecule has 2 N–H and O–H groups in total. The summed E-state index contributed by atoms with van der Waals surface area (Å²) in [5, 5.41) is 0.797. The molecule has 1 aromatic carbocycles. The van der Waals surface area contributed by atoms with Crippen LogP contribution in [0.5, 0.6) is 0 Å². The normalized spacial score (nSPS) is 14.9. The fraction of sp³-hybridized carbons (Fsp3) is 0.538. The van der Waals surface area contributed by atoms with Crippen LogP contribution in [0, 0.1) is 0 Å². The van der Waals surface area contributed by atoms with Crippen LogP contribution >= 0.6 is 11.6 Å². The average Bonchev–Trinajstić information content (AvgIpc) is 2.19. The fourth-order valence-electron chi connectivity index (χ4n) is 2.14. The van der Waals surface area contributed by atoms with Gasteiger partial charge >= 0.3 is 0 Å². The molecule has 0 bridgehead atoms. The minimum absolute atomic E-state index is 0.202. The van der Waals surface area contributed by atoms with Gasteiger partial charge in [0.2, 0.25) is 0 Å². The van der Waals surface area contributed by atoms with Gasteiger partial charge in [0.1, 0.15) is 0 Å². The molecular formula is C13H20ClN. The van der Waals surface area contributed by atoms with Crippen LogP contribution in [0.2, 0.25) is 5.02 Å². The number of hydrogen-bond donors (Lipinski definition) is 1. The summed E-state index contributed by atoms with van der Waals surface area (Å²) >= 11 is 5.89. The second kappa shape index (κ2) is 5.53. The van der Waals surface area contributed by atoms with Crippen LogP contribution in [-0.2, 0) is 5.41 Å². The molecule has 0 aliphatic rings. The van der Waals surface area contributed by atoms with E-state index >= 15 is 0 Å². The van der Waals surface area contributed by atoms with Crippen molar-refractivity contribution in [3.05, 3.63) is 34.9 Å². The van der Waals surface area contributed by atoms with Crippen molar-refractivity contribution in [3.63, 3.8) is 0 Å². The molecular weight excluding hydrogens is 206 g/mol. The Kier molecular flexibility index (Phi) is 4.62. The number of hydrogen-bond acceptors (Lipinski definition) is 1. The highest BCUT2D eigenvalue weighted by atomic mass is 35.5. The van der Waals surface area contributed by atoms with Gasteiger partial charge in [0.15, 0.2) is 0 Å². The molecule has 0 aliphatic heterocycles. The Morgan fingerprint density at radius 2 is 1.80 bits per heavy atom. The smallest absolute Gasteiger partial charge is 0.0406 e. The van der Waals surface area contributed by atoms with E-state index in [2.05, 4.69) is 26.0 Å². The summed E-state index contributed by atoms with van der Waals surface area (Å²) < 4.78 is 0. The van der Waals surface area contributed by atoms with E-state index in [4.69, 9.17) is 17.3 Å². The molecule has 0 aromatic heterocycles. The van der Waals surface area contributed by atoms with Gasteiger partial charge in [0.05, 0.1) is 0 Å². The van der Waals surface area contributed by atoms with Gasteiger partial charge in [-0.05, 0) is 42.5 Å². The number of benzene rings is 1. The SMILES string of the molecule is CCCC(C)(CCN)c1ccc(Cl)cc1. The van der Waals surface area contributed by atoms with E-state index in [1.54, 1.807) is 0 Å². The second-order valence-corrected chi connectivity index (χ2v) is 4.79.